The topological polar surface area (TPSA) is 214 Å². The van der Waals surface area contributed by atoms with E-state index in [1.165, 1.54) is 173 Å². The fourth-order valence-electron chi connectivity index (χ4n) is 9.79. The normalized spacial score (nSPS) is 24.9. The molecule has 0 bridgehead atoms. The van der Waals surface area contributed by atoms with Crippen molar-refractivity contribution in [2.24, 2.45) is 0 Å². The summed E-state index contributed by atoms with van der Waals surface area (Å²) in [4.78, 5) is 13.1. The SMILES string of the molecule is CCCCC/C=C\C/C=C\CCCCCCCCCC(=O)OC(COCCCCCCCCCCCCCCCCCCCCCCCCC)COC1OC(COC2OC(CO)C(O)C(O)C2O)C(O)C(O)C1O. The van der Waals surface area contributed by atoms with E-state index in [1.54, 1.807) is 0 Å². The molecule has 14 heteroatoms. The summed E-state index contributed by atoms with van der Waals surface area (Å²) in [5.41, 5.74) is 0. The van der Waals surface area contributed by atoms with Crippen molar-refractivity contribution in [3.05, 3.63) is 24.3 Å². The third kappa shape index (κ3) is 33.7. The number of ether oxygens (including phenoxy) is 6. The second kappa shape index (κ2) is 47.5. The number of allylic oxidation sites excluding steroid dienone is 4. The zero-order chi connectivity index (χ0) is 53.7. The molecule has 0 spiro atoms. The van der Waals surface area contributed by atoms with Crippen LogP contribution in [0, 0.1) is 0 Å². The van der Waals surface area contributed by atoms with Gasteiger partial charge in [-0.3, -0.25) is 4.79 Å². The molecule has 2 heterocycles. The number of carbonyl (C=O) groups is 1. The first kappa shape index (κ1) is 68.6. The van der Waals surface area contributed by atoms with E-state index in [-0.39, 0.29) is 25.6 Å². The number of esters is 1. The summed E-state index contributed by atoms with van der Waals surface area (Å²) in [6, 6.07) is 0. The van der Waals surface area contributed by atoms with E-state index < -0.39 is 80.7 Å². The van der Waals surface area contributed by atoms with Crippen LogP contribution in [0.5, 0.6) is 0 Å². The van der Waals surface area contributed by atoms with Crippen LogP contribution in [0.4, 0.5) is 0 Å². The Labute approximate surface area is 449 Å². The van der Waals surface area contributed by atoms with Crippen molar-refractivity contribution in [3.8, 4) is 0 Å². The number of unbranched alkanes of at least 4 members (excludes halogenated alkanes) is 32. The minimum atomic E-state index is -1.71. The van der Waals surface area contributed by atoms with E-state index in [9.17, 15) is 40.5 Å². The third-order valence-corrected chi connectivity index (χ3v) is 14.7. The lowest BCUT2D eigenvalue weighted by Gasteiger charge is -2.42. The highest BCUT2D eigenvalue weighted by atomic mass is 16.7. The Kier molecular flexibility index (Phi) is 44.0. The summed E-state index contributed by atoms with van der Waals surface area (Å²) in [6.45, 7) is 3.71. The molecule has 436 valence electrons. The second-order valence-electron chi connectivity index (χ2n) is 21.5. The Bertz CT molecular complexity index is 1320. The van der Waals surface area contributed by atoms with Crippen LogP contribution in [0.3, 0.4) is 0 Å². The van der Waals surface area contributed by atoms with E-state index in [4.69, 9.17) is 28.4 Å². The standard InChI is InChI=1S/C60H112O14/c1-3-5-7-9-11-13-15-17-19-21-22-23-24-25-26-28-30-32-34-36-38-40-42-44-69-46-49(72-52(62)43-41-39-37-35-33-31-29-27-20-18-16-14-12-10-8-6-4-2)47-70-59-58(68)56(66)54(64)51(74-59)48-71-60-57(67)55(65)53(63)50(45-61)73-60/h12,14,18,20,49-51,53-61,63-68H,3-11,13,15-17,19,21-48H2,1-2H3/b14-12-,20-18-. The largest absolute Gasteiger partial charge is 0.457 e. The van der Waals surface area contributed by atoms with Gasteiger partial charge in [-0.25, -0.2) is 0 Å². The van der Waals surface area contributed by atoms with Gasteiger partial charge in [0.25, 0.3) is 0 Å². The van der Waals surface area contributed by atoms with Crippen LogP contribution in [0.1, 0.15) is 251 Å². The fourth-order valence-corrected chi connectivity index (χ4v) is 9.79. The molecule has 2 aliphatic rings. The highest BCUT2D eigenvalue weighted by molar-refractivity contribution is 5.69. The smallest absolute Gasteiger partial charge is 0.306 e. The summed E-state index contributed by atoms with van der Waals surface area (Å²) in [7, 11) is 0. The van der Waals surface area contributed by atoms with Crippen LogP contribution < -0.4 is 0 Å². The molecule has 0 amide bonds. The lowest BCUT2D eigenvalue weighted by Crippen LogP contribution is -2.61. The molecule has 14 nitrogen and oxygen atoms in total. The molecule has 0 aromatic heterocycles. The summed E-state index contributed by atoms with van der Waals surface area (Å²) in [5.74, 6) is -0.379. The molecule has 2 rings (SSSR count). The van der Waals surface area contributed by atoms with Crippen molar-refractivity contribution in [2.75, 3.05) is 33.0 Å². The van der Waals surface area contributed by atoms with Gasteiger partial charge >= 0.3 is 5.97 Å². The lowest BCUT2D eigenvalue weighted by atomic mass is 9.98. The first-order valence-corrected chi connectivity index (χ1v) is 30.4. The molecular weight excluding hydrogens is 945 g/mol. The van der Waals surface area contributed by atoms with Gasteiger partial charge in [0, 0.05) is 13.0 Å². The molecule has 2 saturated heterocycles. The van der Waals surface area contributed by atoms with E-state index in [1.807, 2.05) is 0 Å². The maximum Gasteiger partial charge on any atom is 0.306 e. The van der Waals surface area contributed by atoms with Gasteiger partial charge in [0.1, 0.15) is 54.9 Å². The molecule has 0 aliphatic carbocycles. The first-order chi connectivity index (χ1) is 36.1. The van der Waals surface area contributed by atoms with Crippen molar-refractivity contribution in [1.29, 1.82) is 0 Å². The zero-order valence-electron chi connectivity index (χ0n) is 46.8. The maximum atomic E-state index is 13.1. The van der Waals surface area contributed by atoms with Gasteiger partial charge in [-0.1, -0.05) is 224 Å². The molecule has 0 saturated carbocycles. The first-order valence-electron chi connectivity index (χ1n) is 30.4. The lowest BCUT2D eigenvalue weighted by molar-refractivity contribution is -0.332. The van der Waals surface area contributed by atoms with Crippen molar-refractivity contribution in [3.63, 3.8) is 0 Å². The minimum absolute atomic E-state index is 0.0631. The van der Waals surface area contributed by atoms with Crippen molar-refractivity contribution >= 4 is 5.97 Å². The van der Waals surface area contributed by atoms with E-state index in [0.29, 0.717) is 13.0 Å². The molecule has 0 radical (unpaired) electrons. The number of aliphatic hydroxyl groups excluding tert-OH is 7. The number of aliphatic hydroxyl groups is 7. The zero-order valence-corrected chi connectivity index (χ0v) is 46.8. The van der Waals surface area contributed by atoms with Crippen LogP contribution in [0.15, 0.2) is 24.3 Å². The number of rotatable bonds is 50. The monoisotopic (exact) mass is 1060 g/mol. The van der Waals surface area contributed by atoms with Crippen molar-refractivity contribution in [2.45, 2.75) is 319 Å². The molecule has 2 fully saturated rings. The summed E-state index contributed by atoms with van der Waals surface area (Å²) in [5, 5.41) is 72.4. The van der Waals surface area contributed by atoms with E-state index in [0.717, 1.165) is 51.4 Å². The van der Waals surface area contributed by atoms with E-state index >= 15 is 0 Å². The summed E-state index contributed by atoms with van der Waals surface area (Å²) in [6.07, 6.45) is 38.1. The van der Waals surface area contributed by atoms with Gasteiger partial charge in [-0.15, -0.1) is 0 Å². The highest BCUT2D eigenvalue weighted by Crippen LogP contribution is 2.27. The predicted molar refractivity (Wildman–Crippen MR) is 294 cm³/mol. The highest BCUT2D eigenvalue weighted by Gasteiger charge is 2.47. The molecule has 11 atom stereocenters. The number of carbonyl (C=O) groups excluding carboxylic acids is 1. The van der Waals surface area contributed by atoms with Crippen molar-refractivity contribution in [1.82, 2.24) is 0 Å². The Morgan fingerprint density at radius 3 is 1.32 bits per heavy atom. The Morgan fingerprint density at radius 2 is 0.838 bits per heavy atom. The number of hydrogen-bond acceptors (Lipinski definition) is 14. The van der Waals surface area contributed by atoms with Gasteiger partial charge in [-0.05, 0) is 44.9 Å². The third-order valence-electron chi connectivity index (χ3n) is 14.7. The van der Waals surface area contributed by atoms with Gasteiger partial charge in [0.05, 0.1) is 26.4 Å². The Morgan fingerprint density at radius 1 is 0.446 bits per heavy atom. The Hall–Kier alpha value is -1.53. The molecule has 74 heavy (non-hydrogen) atoms. The van der Waals surface area contributed by atoms with Crippen LogP contribution in [-0.2, 0) is 33.2 Å². The van der Waals surface area contributed by atoms with Gasteiger partial charge in [-0.2, -0.15) is 0 Å². The molecular formula is C60H112O14. The maximum absolute atomic E-state index is 13.1. The van der Waals surface area contributed by atoms with Crippen LogP contribution >= 0.6 is 0 Å². The van der Waals surface area contributed by atoms with Crippen LogP contribution in [0.2, 0.25) is 0 Å². The minimum Gasteiger partial charge on any atom is -0.457 e. The average Bonchev–Trinajstić information content (AvgIpc) is 3.40. The molecule has 11 unspecified atom stereocenters. The van der Waals surface area contributed by atoms with Gasteiger partial charge in [0.15, 0.2) is 12.6 Å². The van der Waals surface area contributed by atoms with Crippen LogP contribution in [-0.4, -0.2) is 142 Å². The molecule has 0 aromatic carbocycles. The predicted octanol–water partition coefficient (Wildman–Crippen LogP) is 11.1. The Balaban J connectivity index is 1.68. The second-order valence-corrected chi connectivity index (χ2v) is 21.5. The van der Waals surface area contributed by atoms with Crippen LogP contribution in [0.25, 0.3) is 0 Å². The fraction of sp³-hybridized carbons (Fsp3) is 0.917. The van der Waals surface area contributed by atoms with E-state index in [2.05, 4.69) is 38.2 Å². The quantitative estimate of drug-likeness (QED) is 0.0172. The van der Waals surface area contributed by atoms with Crippen molar-refractivity contribution < 1.29 is 69.0 Å². The van der Waals surface area contributed by atoms with Gasteiger partial charge < -0.3 is 64.2 Å². The molecule has 2 aliphatic heterocycles. The molecule has 0 aromatic rings. The van der Waals surface area contributed by atoms with Gasteiger partial charge in [0.2, 0.25) is 0 Å². The average molecular weight is 1060 g/mol. The summed E-state index contributed by atoms with van der Waals surface area (Å²) >= 11 is 0. The number of hydrogen-bond donors (Lipinski definition) is 7. The molecule has 7 N–H and O–H groups in total. The summed E-state index contributed by atoms with van der Waals surface area (Å²) < 4.78 is 34.4.